The van der Waals surface area contributed by atoms with Gasteiger partial charge in [0, 0.05) is 18.3 Å². The van der Waals surface area contributed by atoms with E-state index in [2.05, 4.69) is 45.4 Å². The maximum absolute atomic E-state index is 12.3. The van der Waals surface area contributed by atoms with Gasteiger partial charge in [-0.1, -0.05) is 37.3 Å². The molecule has 0 fully saturated rings. The van der Waals surface area contributed by atoms with E-state index in [0.717, 1.165) is 10.2 Å². The standard InChI is InChI=1S/C19H18BrN3O/c1-14(15-5-3-2-4-6-15)11-21-19(24)16-7-9-18(10-8-16)23-13-17(20)12-22-23/h2-10,12-14H,11H2,1H3,(H,21,24). The van der Waals surface area contributed by atoms with E-state index in [-0.39, 0.29) is 11.8 Å². The van der Waals surface area contributed by atoms with E-state index < -0.39 is 0 Å². The number of carbonyl (C=O) groups excluding carboxylic acids is 1. The van der Waals surface area contributed by atoms with Crippen LogP contribution >= 0.6 is 15.9 Å². The quantitative estimate of drug-likeness (QED) is 0.718. The van der Waals surface area contributed by atoms with E-state index in [1.807, 2.05) is 48.7 Å². The lowest BCUT2D eigenvalue weighted by atomic mass is 10.0. The summed E-state index contributed by atoms with van der Waals surface area (Å²) in [6.45, 7) is 2.71. The lowest BCUT2D eigenvalue weighted by Gasteiger charge is -2.13. The predicted molar refractivity (Wildman–Crippen MR) is 98.5 cm³/mol. The van der Waals surface area contributed by atoms with E-state index in [1.54, 1.807) is 10.9 Å². The summed E-state index contributed by atoms with van der Waals surface area (Å²) in [5, 5.41) is 7.21. The van der Waals surface area contributed by atoms with Crippen LogP contribution in [0.2, 0.25) is 0 Å². The van der Waals surface area contributed by atoms with Crippen molar-refractivity contribution in [1.29, 1.82) is 0 Å². The van der Waals surface area contributed by atoms with Gasteiger partial charge in [0.15, 0.2) is 0 Å². The van der Waals surface area contributed by atoms with Crippen LogP contribution in [0.25, 0.3) is 5.69 Å². The molecule has 2 aromatic carbocycles. The molecular weight excluding hydrogens is 366 g/mol. The second kappa shape index (κ2) is 7.45. The lowest BCUT2D eigenvalue weighted by Crippen LogP contribution is -2.27. The summed E-state index contributed by atoms with van der Waals surface area (Å²) in [5.41, 5.74) is 2.78. The molecule has 3 aromatic rings. The van der Waals surface area contributed by atoms with Gasteiger partial charge in [-0.25, -0.2) is 4.68 Å². The molecule has 1 N–H and O–H groups in total. The minimum Gasteiger partial charge on any atom is -0.351 e. The normalized spacial score (nSPS) is 11.9. The van der Waals surface area contributed by atoms with Gasteiger partial charge in [0.05, 0.1) is 16.4 Å². The summed E-state index contributed by atoms with van der Waals surface area (Å²) in [5.74, 6) is 0.210. The van der Waals surface area contributed by atoms with Gasteiger partial charge in [0.2, 0.25) is 0 Å². The largest absolute Gasteiger partial charge is 0.351 e. The third-order valence-electron chi connectivity index (χ3n) is 3.88. The molecule has 4 nitrogen and oxygen atoms in total. The van der Waals surface area contributed by atoms with Crippen molar-refractivity contribution < 1.29 is 4.79 Å². The summed E-state index contributed by atoms with van der Waals surface area (Å²) < 4.78 is 2.67. The molecule has 1 aromatic heterocycles. The van der Waals surface area contributed by atoms with E-state index >= 15 is 0 Å². The SMILES string of the molecule is CC(CNC(=O)c1ccc(-n2cc(Br)cn2)cc1)c1ccccc1. The molecule has 0 radical (unpaired) electrons. The molecule has 24 heavy (non-hydrogen) atoms. The van der Waals surface area contributed by atoms with Crippen LogP contribution in [0, 0.1) is 0 Å². The Morgan fingerprint density at radius 2 is 1.88 bits per heavy atom. The number of aromatic nitrogens is 2. The second-order valence-electron chi connectivity index (χ2n) is 5.67. The van der Waals surface area contributed by atoms with E-state index in [0.29, 0.717) is 12.1 Å². The summed E-state index contributed by atoms with van der Waals surface area (Å²) >= 11 is 3.37. The molecule has 1 amide bonds. The molecule has 0 spiro atoms. The molecule has 1 heterocycles. The molecule has 122 valence electrons. The monoisotopic (exact) mass is 383 g/mol. The van der Waals surface area contributed by atoms with Crippen LogP contribution in [0.1, 0.15) is 28.8 Å². The van der Waals surface area contributed by atoms with Crippen LogP contribution in [0.15, 0.2) is 71.5 Å². The number of hydrogen-bond donors (Lipinski definition) is 1. The Balaban J connectivity index is 1.61. The molecule has 5 heteroatoms. The fourth-order valence-corrected chi connectivity index (χ4v) is 2.74. The van der Waals surface area contributed by atoms with Crippen molar-refractivity contribution in [2.45, 2.75) is 12.8 Å². The van der Waals surface area contributed by atoms with Crippen molar-refractivity contribution in [3.63, 3.8) is 0 Å². The third kappa shape index (κ3) is 3.92. The van der Waals surface area contributed by atoms with Crippen LogP contribution in [0.5, 0.6) is 0 Å². The highest BCUT2D eigenvalue weighted by atomic mass is 79.9. The van der Waals surface area contributed by atoms with Crippen molar-refractivity contribution in [3.05, 3.63) is 82.6 Å². The number of nitrogens with zero attached hydrogens (tertiary/aromatic N) is 2. The molecule has 0 saturated heterocycles. The van der Waals surface area contributed by atoms with Gasteiger partial charge in [-0.15, -0.1) is 0 Å². The summed E-state index contributed by atoms with van der Waals surface area (Å²) in [7, 11) is 0. The fourth-order valence-electron chi connectivity index (χ4n) is 2.45. The van der Waals surface area contributed by atoms with Crippen molar-refractivity contribution >= 4 is 21.8 Å². The van der Waals surface area contributed by atoms with Crippen LogP contribution < -0.4 is 5.32 Å². The van der Waals surface area contributed by atoms with E-state index in [4.69, 9.17) is 0 Å². The highest BCUT2D eigenvalue weighted by Crippen LogP contribution is 2.15. The van der Waals surface area contributed by atoms with E-state index in [1.165, 1.54) is 5.56 Å². The van der Waals surface area contributed by atoms with Gasteiger partial charge in [-0.2, -0.15) is 5.10 Å². The van der Waals surface area contributed by atoms with Gasteiger partial charge in [0.1, 0.15) is 0 Å². The van der Waals surface area contributed by atoms with Gasteiger partial charge in [0.25, 0.3) is 5.91 Å². The number of hydrogen-bond acceptors (Lipinski definition) is 2. The molecule has 1 unspecified atom stereocenters. The Morgan fingerprint density at radius 3 is 2.50 bits per heavy atom. The number of amides is 1. The number of rotatable bonds is 5. The molecule has 0 aliphatic carbocycles. The van der Waals surface area contributed by atoms with Gasteiger partial charge >= 0.3 is 0 Å². The highest BCUT2D eigenvalue weighted by Gasteiger charge is 2.09. The molecule has 0 aliphatic heterocycles. The maximum atomic E-state index is 12.3. The fraction of sp³-hybridized carbons (Fsp3) is 0.158. The summed E-state index contributed by atoms with van der Waals surface area (Å²) in [6, 6.07) is 17.6. The number of nitrogens with one attached hydrogen (secondary N) is 1. The lowest BCUT2D eigenvalue weighted by molar-refractivity contribution is 0.0951. The highest BCUT2D eigenvalue weighted by molar-refractivity contribution is 9.10. The van der Waals surface area contributed by atoms with E-state index in [9.17, 15) is 4.79 Å². The zero-order valence-corrected chi connectivity index (χ0v) is 14.9. The average molecular weight is 384 g/mol. The Hall–Kier alpha value is -2.40. The van der Waals surface area contributed by atoms with Gasteiger partial charge < -0.3 is 5.32 Å². The van der Waals surface area contributed by atoms with Gasteiger partial charge in [-0.3, -0.25) is 4.79 Å². The minimum absolute atomic E-state index is 0.0639. The Bertz CT molecular complexity index is 812. The molecular formula is C19H18BrN3O. The second-order valence-corrected chi connectivity index (χ2v) is 6.59. The summed E-state index contributed by atoms with van der Waals surface area (Å²) in [6.07, 6.45) is 3.60. The zero-order chi connectivity index (χ0) is 16.9. The maximum Gasteiger partial charge on any atom is 0.251 e. The first-order valence-electron chi connectivity index (χ1n) is 7.77. The Kier molecular flexibility index (Phi) is 5.11. The third-order valence-corrected chi connectivity index (χ3v) is 4.29. The van der Waals surface area contributed by atoms with Crippen molar-refractivity contribution in [1.82, 2.24) is 15.1 Å². The van der Waals surface area contributed by atoms with Crippen LogP contribution in [-0.2, 0) is 0 Å². The molecule has 0 bridgehead atoms. The average Bonchev–Trinajstić information content (AvgIpc) is 3.06. The Labute approximate surface area is 149 Å². The minimum atomic E-state index is -0.0639. The molecule has 0 aliphatic rings. The first-order chi connectivity index (χ1) is 11.6. The van der Waals surface area contributed by atoms with Gasteiger partial charge in [-0.05, 0) is 51.7 Å². The van der Waals surface area contributed by atoms with Crippen molar-refractivity contribution in [2.75, 3.05) is 6.54 Å². The summed E-state index contributed by atoms with van der Waals surface area (Å²) in [4.78, 5) is 12.3. The number of halogens is 1. The number of benzene rings is 2. The van der Waals surface area contributed by atoms with Crippen LogP contribution in [-0.4, -0.2) is 22.2 Å². The van der Waals surface area contributed by atoms with Crippen LogP contribution in [0.4, 0.5) is 0 Å². The topological polar surface area (TPSA) is 46.9 Å². The van der Waals surface area contributed by atoms with Crippen LogP contribution in [0.3, 0.4) is 0 Å². The van der Waals surface area contributed by atoms with Crippen molar-refractivity contribution in [3.8, 4) is 5.69 Å². The molecule has 3 rings (SSSR count). The zero-order valence-electron chi connectivity index (χ0n) is 13.3. The number of carbonyl (C=O) groups is 1. The van der Waals surface area contributed by atoms with Crippen molar-refractivity contribution in [2.24, 2.45) is 0 Å². The first-order valence-corrected chi connectivity index (χ1v) is 8.56. The Morgan fingerprint density at radius 1 is 1.17 bits per heavy atom. The predicted octanol–water partition coefficient (Wildman–Crippen LogP) is 4.17. The molecule has 0 saturated carbocycles. The molecule has 1 atom stereocenters. The smallest absolute Gasteiger partial charge is 0.251 e. The first kappa shape index (κ1) is 16.5.